The highest BCUT2D eigenvalue weighted by Crippen LogP contribution is 2.27. The van der Waals surface area contributed by atoms with Crippen LogP contribution < -0.4 is 9.62 Å². The van der Waals surface area contributed by atoms with Gasteiger partial charge < -0.3 is 10.2 Å². The van der Waals surface area contributed by atoms with Crippen LogP contribution in [0.1, 0.15) is 76.1 Å². The van der Waals surface area contributed by atoms with E-state index in [1.54, 1.807) is 36.4 Å². The van der Waals surface area contributed by atoms with Gasteiger partial charge in [-0.3, -0.25) is 13.9 Å². The van der Waals surface area contributed by atoms with E-state index in [9.17, 15) is 18.0 Å². The molecule has 0 unspecified atom stereocenters. The second-order valence-corrected chi connectivity index (χ2v) is 14.1. The molecule has 7 nitrogen and oxygen atoms in total. The number of rotatable bonds is 11. The van der Waals surface area contributed by atoms with E-state index in [4.69, 9.17) is 0 Å². The summed E-state index contributed by atoms with van der Waals surface area (Å²) in [7, 11) is -4.11. The van der Waals surface area contributed by atoms with Gasteiger partial charge in [-0.05, 0) is 82.3 Å². The molecule has 0 aliphatic heterocycles. The maximum Gasteiger partial charge on any atom is 0.264 e. The molecule has 0 spiro atoms. The molecule has 226 valence electrons. The Kier molecular flexibility index (Phi) is 10.6. The lowest BCUT2D eigenvalue weighted by Gasteiger charge is -2.35. The van der Waals surface area contributed by atoms with Crippen LogP contribution >= 0.6 is 0 Å². The maximum atomic E-state index is 14.2. The van der Waals surface area contributed by atoms with E-state index in [-0.39, 0.29) is 23.3 Å². The molecular weight excluding hydrogens is 546 g/mol. The minimum absolute atomic E-state index is 0.0939. The zero-order chi connectivity index (χ0) is 31.2. The summed E-state index contributed by atoms with van der Waals surface area (Å²) in [6, 6.07) is 20.8. The molecule has 0 fully saturated rings. The highest BCUT2D eigenvalue weighted by molar-refractivity contribution is 7.92. The van der Waals surface area contributed by atoms with E-state index in [0.29, 0.717) is 12.1 Å². The van der Waals surface area contributed by atoms with Gasteiger partial charge in [0, 0.05) is 12.1 Å². The lowest BCUT2D eigenvalue weighted by Crippen LogP contribution is -2.55. The fourth-order valence-electron chi connectivity index (χ4n) is 4.65. The Labute approximate surface area is 252 Å². The minimum Gasteiger partial charge on any atom is -0.350 e. The highest BCUT2D eigenvalue weighted by Gasteiger charge is 2.34. The molecule has 1 atom stereocenters. The topological polar surface area (TPSA) is 86.8 Å². The third kappa shape index (κ3) is 8.44. The molecule has 42 heavy (non-hydrogen) atoms. The van der Waals surface area contributed by atoms with Gasteiger partial charge in [-0.15, -0.1) is 0 Å². The van der Waals surface area contributed by atoms with E-state index in [1.807, 2.05) is 77.9 Å². The molecule has 0 bridgehead atoms. The zero-order valence-electron chi connectivity index (χ0n) is 26.1. The van der Waals surface area contributed by atoms with Crippen molar-refractivity contribution < 1.29 is 18.0 Å². The second-order valence-electron chi connectivity index (χ2n) is 12.2. The van der Waals surface area contributed by atoms with E-state index in [0.717, 1.165) is 26.6 Å². The first-order chi connectivity index (χ1) is 19.6. The highest BCUT2D eigenvalue weighted by atomic mass is 32.2. The van der Waals surface area contributed by atoms with Crippen molar-refractivity contribution in [2.45, 2.75) is 90.7 Å². The molecule has 3 aromatic carbocycles. The van der Waals surface area contributed by atoms with Gasteiger partial charge in [0.15, 0.2) is 0 Å². The van der Waals surface area contributed by atoms with Crippen molar-refractivity contribution in [3.8, 4) is 0 Å². The summed E-state index contributed by atoms with van der Waals surface area (Å²) < 4.78 is 29.3. The molecule has 8 heteroatoms. The monoisotopic (exact) mass is 591 g/mol. The van der Waals surface area contributed by atoms with Crippen LogP contribution in [0.15, 0.2) is 77.7 Å². The van der Waals surface area contributed by atoms with Crippen LogP contribution in [-0.2, 0) is 26.2 Å². The van der Waals surface area contributed by atoms with Crippen LogP contribution in [0.4, 0.5) is 5.69 Å². The van der Waals surface area contributed by atoms with Crippen LogP contribution in [0.2, 0.25) is 0 Å². The number of anilines is 1. The average molecular weight is 592 g/mol. The van der Waals surface area contributed by atoms with E-state index in [2.05, 4.69) is 19.2 Å². The lowest BCUT2D eigenvalue weighted by molar-refractivity contribution is -0.141. The number of aryl methyl sites for hydroxylation is 2. The Bertz CT molecular complexity index is 1460. The Morgan fingerprint density at radius 3 is 1.83 bits per heavy atom. The molecule has 0 aliphatic rings. The smallest absolute Gasteiger partial charge is 0.264 e. The summed E-state index contributed by atoms with van der Waals surface area (Å²) in [5.74, 6) is -0.478. The Morgan fingerprint density at radius 2 is 1.36 bits per heavy atom. The fraction of sp³-hybridized carbons (Fsp3) is 0.412. The Morgan fingerprint density at radius 1 is 0.833 bits per heavy atom. The third-order valence-electron chi connectivity index (χ3n) is 7.09. The van der Waals surface area contributed by atoms with Crippen molar-refractivity contribution in [1.82, 2.24) is 10.2 Å². The number of amides is 2. The maximum absolute atomic E-state index is 14.2. The molecule has 3 aromatic rings. The molecule has 0 heterocycles. The summed E-state index contributed by atoms with van der Waals surface area (Å²) in [6.07, 6.45) is 0.368. The van der Waals surface area contributed by atoms with Crippen molar-refractivity contribution in [2.24, 2.45) is 0 Å². The third-order valence-corrected chi connectivity index (χ3v) is 8.88. The molecule has 2 amide bonds. The fourth-order valence-corrected chi connectivity index (χ4v) is 6.07. The minimum atomic E-state index is -4.11. The standard InChI is InChI=1S/C34H45N3O4S/c1-9-31(33(39)35-34(6,7)8)36(22-27-14-10-25(4)11-15-27)32(38)23-37(29-18-16-28(17-19-29)24(2)3)42(40,41)30-20-12-26(5)13-21-30/h10-21,24,31H,9,22-23H2,1-8H3,(H,35,39)/t31-/m1/s1. The number of hydrogen-bond acceptors (Lipinski definition) is 4. The number of sulfonamides is 1. The van der Waals surface area contributed by atoms with Gasteiger partial charge in [0.25, 0.3) is 10.0 Å². The molecular formula is C34H45N3O4S. The Hall–Kier alpha value is -3.65. The van der Waals surface area contributed by atoms with E-state index in [1.165, 1.54) is 4.90 Å². The van der Waals surface area contributed by atoms with Gasteiger partial charge in [0.05, 0.1) is 10.6 Å². The van der Waals surface area contributed by atoms with Crippen LogP contribution in [0.25, 0.3) is 0 Å². The number of nitrogens with one attached hydrogen (secondary N) is 1. The predicted octanol–water partition coefficient (Wildman–Crippen LogP) is 6.34. The normalized spacial score (nSPS) is 12.6. The second kappa shape index (κ2) is 13.6. The molecule has 0 radical (unpaired) electrons. The molecule has 0 saturated heterocycles. The van der Waals surface area contributed by atoms with Crippen molar-refractivity contribution in [2.75, 3.05) is 10.8 Å². The summed E-state index contributed by atoms with van der Waals surface area (Å²) in [6.45, 7) is 15.2. The van der Waals surface area contributed by atoms with Crippen molar-refractivity contribution >= 4 is 27.5 Å². The van der Waals surface area contributed by atoms with E-state index < -0.39 is 34.1 Å². The predicted molar refractivity (Wildman–Crippen MR) is 170 cm³/mol. The van der Waals surface area contributed by atoms with Crippen LogP contribution in [0.3, 0.4) is 0 Å². The van der Waals surface area contributed by atoms with Crippen LogP contribution in [-0.4, -0.2) is 43.3 Å². The van der Waals surface area contributed by atoms with Crippen molar-refractivity contribution in [3.63, 3.8) is 0 Å². The number of carbonyl (C=O) groups excluding carboxylic acids is 2. The van der Waals surface area contributed by atoms with Crippen LogP contribution in [0, 0.1) is 13.8 Å². The largest absolute Gasteiger partial charge is 0.350 e. The first-order valence-corrected chi connectivity index (χ1v) is 15.9. The quantitative estimate of drug-likeness (QED) is 0.282. The van der Waals surface area contributed by atoms with Crippen molar-refractivity contribution in [3.05, 3.63) is 95.1 Å². The average Bonchev–Trinajstić information content (AvgIpc) is 2.91. The molecule has 0 aliphatic carbocycles. The van der Waals surface area contributed by atoms with Gasteiger partial charge in [-0.25, -0.2) is 8.42 Å². The number of carbonyl (C=O) groups is 2. The first kappa shape index (κ1) is 32.9. The zero-order valence-corrected chi connectivity index (χ0v) is 27.0. The van der Waals surface area contributed by atoms with Gasteiger partial charge in [0.1, 0.15) is 12.6 Å². The number of benzene rings is 3. The Balaban J connectivity index is 2.08. The summed E-state index contributed by atoms with van der Waals surface area (Å²) in [5.41, 5.74) is 3.80. The lowest BCUT2D eigenvalue weighted by atomic mass is 10.0. The molecule has 0 aromatic heterocycles. The van der Waals surface area contributed by atoms with Gasteiger partial charge in [-0.1, -0.05) is 80.4 Å². The number of hydrogen-bond donors (Lipinski definition) is 1. The van der Waals surface area contributed by atoms with Crippen LogP contribution in [0.5, 0.6) is 0 Å². The number of nitrogens with zero attached hydrogens (tertiary/aromatic N) is 2. The first-order valence-electron chi connectivity index (χ1n) is 14.5. The summed E-state index contributed by atoms with van der Waals surface area (Å²) in [5, 5.41) is 3.00. The molecule has 3 rings (SSSR count). The van der Waals surface area contributed by atoms with E-state index >= 15 is 0 Å². The van der Waals surface area contributed by atoms with Gasteiger partial charge in [-0.2, -0.15) is 0 Å². The van der Waals surface area contributed by atoms with Crippen molar-refractivity contribution in [1.29, 1.82) is 0 Å². The summed E-state index contributed by atoms with van der Waals surface area (Å²) >= 11 is 0. The summed E-state index contributed by atoms with van der Waals surface area (Å²) in [4.78, 5) is 29.3. The molecule has 1 N–H and O–H groups in total. The molecule has 0 saturated carbocycles. The van der Waals surface area contributed by atoms with Gasteiger partial charge in [0.2, 0.25) is 11.8 Å². The SMILES string of the molecule is CC[C@H](C(=O)NC(C)(C)C)N(Cc1ccc(C)cc1)C(=O)CN(c1ccc(C(C)C)cc1)S(=O)(=O)c1ccc(C)cc1. The van der Waals surface area contributed by atoms with Gasteiger partial charge >= 0.3 is 0 Å².